The predicted octanol–water partition coefficient (Wildman–Crippen LogP) is 4.67. The summed E-state index contributed by atoms with van der Waals surface area (Å²) in [6, 6.07) is 16.2. The summed E-state index contributed by atoms with van der Waals surface area (Å²) in [6.07, 6.45) is -3.37. The van der Waals surface area contributed by atoms with E-state index < -0.39 is 29.5 Å². The Morgan fingerprint density at radius 3 is 2.29 bits per heavy atom. The van der Waals surface area contributed by atoms with E-state index in [1.807, 2.05) is 5.43 Å². The van der Waals surface area contributed by atoms with Crippen molar-refractivity contribution in [1.29, 1.82) is 0 Å². The smallest absolute Gasteiger partial charge is 0.416 e. The molecule has 0 atom stereocenters. The second-order valence-corrected chi connectivity index (χ2v) is 7.14. The van der Waals surface area contributed by atoms with Crippen LogP contribution in [0.2, 0.25) is 5.02 Å². The second kappa shape index (κ2) is 10.6. The van der Waals surface area contributed by atoms with Gasteiger partial charge in [0.2, 0.25) is 0 Å². The van der Waals surface area contributed by atoms with E-state index in [9.17, 15) is 27.6 Å². The third-order valence-corrected chi connectivity index (χ3v) is 4.42. The molecule has 2 amide bonds. The van der Waals surface area contributed by atoms with Crippen molar-refractivity contribution in [2.45, 2.75) is 6.18 Å². The average Bonchev–Trinajstić information content (AvgIpc) is 2.79. The first-order chi connectivity index (χ1) is 16.1. The lowest BCUT2D eigenvalue weighted by Gasteiger charge is -2.09. The molecule has 0 aliphatic heterocycles. The molecular weight excluding hydrogens is 475 g/mol. The van der Waals surface area contributed by atoms with Gasteiger partial charge in [0.1, 0.15) is 5.75 Å². The number of hydrazone groups is 1. The topological polar surface area (TPSA) is 96.9 Å². The lowest BCUT2D eigenvalue weighted by Crippen LogP contribution is -2.32. The number of nitrogens with zero attached hydrogens (tertiary/aromatic N) is 1. The molecule has 0 saturated heterocycles. The number of nitrogens with one attached hydrogen (secondary N) is 2. The standard InChI is InChI=1S/C23H15ClF3N3O4/c24-17-5-1-3-15(11-17)22(33)34-19-9-7-14(8-10-19)13-28-30-21(32)20(31)29-18-6-2-4-16(12-18)23(25,26)27/h1-13H,(H,29,31)(H,30,32)/b28-13+. The van der Waals surface area contributed by atoms with E-state index in [1.165, 1.54) is 30.5 Å². The normalized spacial score (nSPS) is 11.2. The number of amides is 2. The first kappa shape index (κ1) is 24.5. The van der Waals surface area contributed by atoms with Gasteiger partial charge in [0.05, 0.1) is 17.3 Å². The van der Waals surface area contributed by atoms with E-state index in [0.29, 0.717) is 16.7 Å². The first-order valence-corrected chi connectivity index (χ1v) is 9.89. The van der Waals surface area contributed by atoms with Crippen LogP contribution in [-0.2, 0) is 15.8 Å². The van der Waals surface area contributed by atoms with Gasteiger partial charge >= 0.3 is 24.0 Å². The van der Waals surface area contributed by atoms with Gasteiger partial charge in [0, 0.05) is 10.7 Å². The monoisotopic (exact) mass is 489 g/mol. The summed E-state index contributed by atoms with van der Waals surface area (Å²) in [5.74, 6) is -2.71. The Kier molecular flexibility index (Phi) is 7.64. The lowest BCUT2D eigenvalue weighted by atomic mass is 10.2. The molecule has 3 aromatic carbocycles. The van der Waals surface area contributed by atoms with E-state index >= 15 is 0 Å². The van der Waals surface area contributed by atoms with Crippen molar-refractivity contribution in [3.63, 3.8) is 0 Å². The van der Waals surface area contributed by atoms with Crippen molar-refractivity contribution in [3.05, 3.63) is 94.5 Å². The van der Waals surface area contributed by atoms with E-state index in [2.05, 4.69) is 10.4 Å². The van der Waals surface area contributed by atoms with Gasteiger partial charge in [-0.15, -0.1) is 0 Å². The minimum atomic E-state index is -4.59. The highest BCUT2D eigenvalue weighted by atomic mass is 35.5. The lowest BCUT2D eigenvalue weighted by molar-refractivity contribution is -0.137. The summed E-state index contributed by atoms with van der Waals surface area (Å²) in [5.41, 5.74) is 1.59. The summed E-state index contributed by atoms with van der Waals surface area (Å²) < 4.78 is 43.4. The second-order valence-electron chi connectivity index (χ2n) is 6.70. The predicted molar refractivity (Wildman–Crippen MR) is 119 cm³/mol. The van der Waals surface area contributed by atoms with Crippen LogP contribution in [0, 0.1) is 0 Å². The molecule has 0 radical (unpaired) electrons. The number of benzene rings is 3. The fourth-order valence-electron chi connectivity index (χ4n) is 2.58. The molecule has 0 aliphatic carbocycles. The highest BCUT2D eigenvalue weighted by molar-refractivity contribution is 6.39. The van der Waals surface area contributed by atoms with Crippen LogP contribution in [-0.4, -0.2) is 24.0 Å². The SMILES string of the molecule is O=C(N/N=C/c1ccc(OC(=O)c2cccc(Cl)c2)cc1)C(=O)Nc1cccc(C(F)(F)F)c1. The maximum Gasteiger partial charge on any atom is 0.416 e. The van der Waals surface area contributed by atoms with Crippen LogP contribution in [0.3, 0.4) is 0 Å². The summed E-state index contributed by atoms with van der Waals surface area (Å²) in [5, 5.41) is 6.08. The fraction of sp³-hybridized carbons (Fsp3) is 0.0435. The fourth-order valence-corrected chi connectivity index (χ4v) is 2.77. The number of carbonyl (C=O) groups is 3. The zero-order chi connectivity index (χ0) is 24.7. The zero-order valence-corrected chi connectivity index (χ0v) is 17.9. The number of ether oxygens (including phenoxy) is 1. The number of hydrogen-bond acceptors (Lipinski definition) is 5. The molecule has 3 aromatic rings. The largest absolute Gasteiger partial charge is 0.423 e. The zero-order valence-electron chi connectivity index (χ0n) is 17.1. The van der Waals surface area contributed by atoms with Crippen molar-refractivity contribution in [2.24, 2.45) is 5.10 Å². The summed E-state index contributed by atoms with van der Waals surface area (Å²) in [7, 11) is 0. The third-order valence-electron chi connectivity index (χ3n) is 4.18. The Morgan fingerprint density at radius 2 is 1.62 bits per heavy atom. The number of anilines is 1. The average molecular weight is 490 g/mol. The number of alkyl halides is 3. The van der Waals surface area contributed by atoms with Gasteiger partial charge in [0.25, 0.3) is 0 Å². The number of rotatable bonds is 5. The molecular formula is C23H15ClF3N3O4. The summed E-state index contributed by atoms with van der Waals surface area (Å²) >= 11 is 5.85. The van der Waals surface area contributed by atoms with Gasteiger partial charge in [0.15, 0.2) is 0 Å². The molecule has 34 heavy (non-hydrogen) atoms. The number of hydrogen-bond donors (Lipinski definition) is 2. The van der Waals surface area contributed by atoms with Gasteiger partial charge < -0.3 is 10.1 Å². The highest BCUT2D eigenvalue weighted by Gasteiger charge is 2.30. The Labute approximate surface area is 196 Å². The van der Waals surface area contributed by atoms with Gasteiger partial charge in [-0.05, 0) is 66.2 Å². The molecule has 11 heteroatoms. The van der Waals surface area contributed by atoms with Crippen LogP contribution < -0.4 is 15.5 Å². The van der Waals surface area contributed by atoms with Crippen LogP contribution in [0.1, 0.15) is 21.5 Å². The molecule has 3 rings (SSSR count). The van der Waals surface area contributed by atoms with E-state index in [4.69, 9.17) is 16.3 Å². The Balaban J connectivity index is 1.52. The van der Waals surface area contributed by atoms with E-state index in [1.54, 1.807) is 30.3 Å². The molecule has 0 bridgehead atoms. The number of carbonyl (C=O) groups excluding carboxylic acids is 3. The molecule has 0 fully saturated rings. The Hall–Kier alpha value is -4.18. The van der Waals surface area contributed by atoms with Crippen LogP contribution in [0.4, 0.5) is 18.9 Å². The highest BCUT2D eigenvalue weighted by Crippen LogP contribution is 2.30. The van der Waals surface area contributed by atoms with Crippen LogP contribution in [0.15, 0.2) is 77.9 Å². The maximum atomic E-state index is 12.7. The molecule has 0 heterocycles. The Bertz CT molecular complexity index is 1240. The van der Waals surface area contributed by atoms with E-state index in [0.717, 1.165) is 12.1 Å². The van der Waals surface area contributed by atoms with Gasteiger partial charge in [-0.3, -0.25) is 9.59 Å². The molecule has 0 aliphatic rings. The van der Waals surface area contributed by atoms with Crippen LogP contribution in [0.25, 0.3) is 0 Å². The number of esters is 1. The number of halogens is 4. The maximum absolute atomic E-state index is 12.7. The molecule has 174 valence electrons. The first-order valence-electron chi connectivity index (χ1n) is 9.51. The van der Waals surface area contributed by atoms with Crippen molar-refractivity contribution in [3.8, 4) is 5.75 Å². The third kappa shape index (κ3) is 6.91. The van der Waals surface area contributed by atoms with Gasteiger partial charge in [-0.1, -0.05) is 23.7 Å². The summed E-state index contributed by atoms with van der Waals surface area (Å²) in [6.45, 7) is 0. The van der Waals surface area contributed by atoms with Gasteiger partial charge in [-0.25, -0.2) is 10.2 Å². The molecule has 0 saturated carbocycles. The molecule has 7 nitrogen and oxygen atoms in total. The van der Waals surface area contributed by atoms with Crippen LogP contribution >= 0.6 is 11.6 Å². The van der Waals surface area contributed by atoms with E-state index in [-0.39, 0.29) is 17.0 Å². The quantitative estimate of drug-likeness (QED) is 0.179. The molecule has 0 spiro atoms. The van der Waals surface area contributed by atoms with Crippen LogP contribution in [0.5, 0.6) is 5.75 Å². The molecule has 0 aromatic heterocycles. The van der Waals surface area contributed by atoms with Crippen molar-refractivity contribution < 1.29 is 32.3 Å². The summed E-state index contributed by atoms with van der Waals surface area (Å²) in [4.78, 5) is 35.8. The van der Waals surface area contributed by atoms with Crippen molar-refractivity contribution >= 4 is 41.3 Å². The Morgan fingerprint density at radius 1 is 0.912 bits per heavy atom. The van der Waals surface area contributed by atoms with Crippen molar-refractivity contribution in [1.82, 2.24) is 5.43 Å². The van der Waals surface area contributed by atoms with Crippen molar-refractivity contribution in [2.75, 3.05) is 5.32 Å². The molecule has 0 unspecified atom stereocenters. The molecule has 2 N–H and O–H groups in total. The minimum Gasteiger partial charge on any atom is -0.423 e. The minimum absolute atomic E-state index is 0.193. The van der Waals surface area contributed by atoms with Gasteiger partial charge in [-0.2, -0.15) is 18.3 Å².